The second-order valence-corrected chi connectivity index (χ2v) is 10.4. The highest BCUT2D eigenvalue weighted by atomic mass is 35.5. The highest BCUT2D eigenvalue weighted by Crippen LogP contribution is 2.33. The minimum Gasteiger partial charge on any atom is -0.428 e. The number of rotatable bonds is 5. The van der Waals surface area contributed by atoms with E-state index in [1.807, 2.05) is 48.3 Å². The predicted octanol–water partition coefficient (Wildman–Crippen LogP) is 6.22. The standard InChI is InChI=1S/C28H31ClN4O4/c1-18-8-10-19(11-9-18)23-22(20-12-14-21(29)15-13-20)30-24(25(34)32-33-16-6-5-7-17-33)26(31-23)36-27(35)37-28(2,3)4/h8-15H,5-7,16-17H2,1-4H3,(H,32,34). The number of hydrogen-bond donors (Lipinski definition) is 1. The van der Waals surface area contributed by atoms with Gasteiger partial charge < -0.3 is 9.47 Å². The number of hydrazine groups is 1. The lowest BCUT2D eigenvalue weighted by Crippen LogP contribution is -2.45. The first-order valence-electron chi connectivity index (χ1n) is 12.3. The summed E-state index contributed by atoms with van der Waals surface area (Å²) in [6.45, 7) is 8.63. The molecule has 3 aromatic rings. The molecule has 0 atom stereocenters. The summed E-state index contributed by atoms with van der Waals surface area (Å²) in [5.41, 5.74) is 5.44. The third kappa shape index (κ3) is 7.05. The molecule has 0 unspecified atom stereocenters. The molecule has 1 aromatic heterocycles. The molecule has 194 valence electrons. The van der Waals surface area contributed by atoms with Crippen molar-refractivity contribution in [1.29, 1.82) is 0 Å². The Hall–Kier alpha value is -3.49. The fourth-order valence-electron chi connectivity index (χ4n) is 3.91. The Labute approximate surface area is 221 Å². The molecule has 4 rings (SSSR count). The zero-order valence-electron chi connectivity index (χ0n) is 21.5. The number of aromatic nitrogens is 2. The number of amides is 1. The molecule has 0 spiro atoms. The van der Waals surface area contributed by atoms with E-state index in [2.05, 4.69) is 10.4 Å². The van der Waals surface area contributed by atoms with E-state index in [9.17, 15) is 9.59 Å². The highest BCUT2D eigenvalue weighted by molar-refractivity contribution is 6.30. The number of ether oxygens (including phenoxy) is 2. The molecule has 1 amide bonds. The molecule has 1 saturated heterocycles. The van der Waals surface area contributed by atoms with E-state index in [1.165, 1.54) is 0 Å². The summed E-state index contributed by atoms with van der Waals surface area (Å²) in [6, 6.07) is 14.8. The summed E-state index contributed by atoms with van der Waals surface area (Å²) in [6.07, 6.45) is 2.11. The van der Waals surface area contributed by atoms with Crippen LogP contribution in [0.5, 0.6) is 5.88 Å². The maximum Gasteiger partial charge on any atom is 0.515 e. The first kappa shape index (κ1) is 26.6. The number of carbonyl (C=O) groups is 2. The van der Waals surface area contributed by atoms with Crippen LogP contribution in [0.4, 0.5) is 4.79 Å². The fraction of sp³-hybridized carbons (Fsp3) is 0.357. The van der Waals surface area contributed by atoms with Gasteiger partial charge in [-0.3, -0.25) is 10.2 Å². The van der Waals surface area contributed by atoms with Crippen molar-refractivity contribution in [3.05, 3.63) is 64.8 Å². The lowest BCUT2D eigenvalue weighted by Gasteiger charge is -2.27. The second-order valence-electron chi connectivity index (χ2n) is 10.0. The summed E-state index contributed by atoms with van der Waals surface area (Å²) < 4.78 is 10.8. The Morgan fingerprint density at radius 1 is 0.892 bits per heavy atom. The largest absolute Gasteiger partial charge is 0.515 e. The van der Waals surface area contributed by atoms with E-state index in [4.69, 9.17) is 26.1 Å². The third-order valence-electron chi connectivity index (χ3n) is 5.71. The minimum absolute atomic E-state index is 0.114. The van der Waals surface area contributed by atoms with Gasteiger partial charge >= 0.3 is 6.16 Å². The van der Waals surface area contributed by atoms with E-state index in [-0.39, 0.29) is 11.6 Å². The zero-order valence-corrected chi connectivity index (χ0v) is 22.3. The normalized spacial score (nSPS) is 14.2. The molecular formula is C28H31ClN4O4. The van der Waals surface area contributed by atoms with Gasteiger partial charge in [-0.05, 0) is 52.7 Å². The summed E-state index contributed by atoms with van der Waals surface area (Å²) >= 11 is 6.12. The van der Waals surface area contributed by atoms with E-state index in [0.717, 1.165) is 43.5 Å². The molecule has 0 aliphatic carbocycles. The van der Waals surface area contributed by atoms with Crippen molar-refractivity contribution in [2.75, 3.05) is 13.1 Å². The van der Waals surface area contributed by atoms with Crippen LogP contribution in [0.15, 0.2) is 48.5 Å². The van der Waals surface area contributed by atoms with Crippen LogP contribution >= 0.6 is 11.6 Å². The molecule has 2 aromatic carbocycles. The first-order chi connectivity index (χ1) is 17.6. The van der Waals surface area contributed by atoms with Gasteiger partial charge in [0, 0.05) is 29.2 Å². The highest BCUT2D eigenvalue weighted by Gasteiger charge is 2.28. The van der Waals surface area contributed by atoms with Crippen LogP contribution in [0.3, 0.4) is 0 Å². The molecule has 37 heavy (non-hydrogen) atoms. The number of halogens is 1. The average molecular weight is 523 g/mol. The number of piperidine rings is 1. The zero-order chi connectivity index (χ0) is 26.6. The molecule has 1 aliphatic heterocycles. The van der Waals surface area contributed by atoms with E-state index < -0.39 is 17.7 Å². The van der Waals surface area contributed by atoms with Gasteiger partial charge in [-0.25, -0.2) is 19.8 Å². The van der Waals surface area contributed by atoms with Crippen molar-refractivity contribution in [1.82, 2.24) is 20.4 Å². The van der Waals surface area contributed by atoms with Crippen molar-refractivity contribution < 1.29 is 19.1 Å². The number of nitrogens with one attached hydrogen (secondary N) is 1. The van der Waals surface area contributed by atoms with Crippen LogP contribution in [-0.4, -0.2) is 45.7 Å². The number of aryl methyl sites for hydroxylation is 1. The topological polar surface area (TPSA) is 93.7 Å². The van der Waals surface area contributed by atoms with Crippen LogP contribution in [0.25, 0.3) is 22.5 Å². The fourth-order valence-corrected chi connectivity index (χ4v) is 4.04. The lowest BCUT2D eigenvalue weighted by atomic mass is 10.0. The maximum atomic E-state index is 13.4. The van der Waals surface area contributed by atoms with Gasteiger partial charge in [-0.2, -0.15) is 0 Å². The summed E-state index contributed by atoms with van der Waals surface area (Å²) in [5.74, 6) is -0.740. The average Bonchev–Trinajstić information content (AvgIpc) is 2.84. The molecular weight excluding hydrogens is 492 g/mol. The van der Waals surface area contributed by atoms with Crippen molar-refractivity contribution in [2.24, 2.45) is 0 Å². The number of benzene rings is 2. The first-order valence-corrected chi connectivity index (χ1v) is 12.7. The quantitative estimate of drug-likeness (QED) is 0.398. The van der Waals surface area contributed by atoms with Crippen molar-refractivity contribution in [3.8, 4) is 28.4 Å². The maximum absolute atomic E-state index is 13.4. The smallest absolute Gasteiger partial charge is 0.428 e. The van der Waals surface area contributed by atoms with E-state index in [0.29, 0.717) is 22.0 Å². The van der Waals surface area contributed by atoms with Gasteiger partial charge in [0.2, 0.25) is 0 Å². The monoisotopic (exact) mass is 522 g/mol. The van der Waals surface area contributed by atoms with Crippen molar-refractivity contribution in [3.63, 3.8) is 0 Å². The minimum atomic E-state index is -0.970. The van der Waals surface area contributed by atoms with Crippen LogP contribution < -0.4 is 10.2 Å². The van der Waals surface area contributed by atoms with Gasteiger partial charge in [0.25, 0.3) is 11.8 Å². The summed E-state index contributed by atoms with van der Waals surface area (Å²) in [4.78, 5) is 35.4. The van der Waals surface area contributed by atoms with Gasteiger partial charge in [0.1, 0.15) is 11.3 Å². The van der Waals surface area contributed by atoms with Crippen molar-refractivity contribution >= 4 is 23.7 Å². The summed E-state index contributed by atoms with van der Waals surface area (Å²) in [7, 11) is 0. The molecule has 0 radical (unpaired) electrons. The molecule has 9 heteroatoms. The van der Waals surface area contributed by atoms with Gasteiger partial charge in [0.05, 0.1) is 5.69 Å². The van der Waals surface area contributed by atoms with Crippen LogP contribution in [0, 0.1) is 6.92 Å². The van der Waals surface area contributed by atoms with Gasteiger partial charge in [0.15, 0.2) is 5.69 Å². The van der Waals surface area contributed by atoms with Crippen LogP contribution in [0.2, 0.25) is 5.02 Å². The molecule has 1 N–H and O–H groups in total. The van der Waals surface area contributed by atoms with Gasteiger partial charge in [-0.1, -0.05) is 60.0 Å². The number of carbonyl (C=O) groups excluding carboxylic acids is 2. The Bertz CT molecular complexity index is 1270. The van der Waals surface area contributed by atoms with Crippen LogP contribution in [0.1, 0.15) is 56.1 Å². The molecule has 1 aliphatic rings. The molecule has 2 heterocycles. The number of hydrogen-bond acceptors (Lipinski definition) is 7. The Kier molecular flexibility index (Phi) is 8.10. The number of nitrogens with zero attached hydrogens (tertiary/aromatic N) is 3. The van der Waals surface area contributed by atoms with Crippen LogP contribution in [-0.2, 0) is 4.74 Å². The Balaban J connectivity index is 1.84. The second kappa shape index (κ2) is 11.3. The molecule has 1 fully saturated rings. The molecule has 8 nitrogen and oxygen atoms in total. The molecule has 0 saturated carbocycles. The summed E-state index contributed by atoms with van der Waals surface area (Å²) in [5, 5.41) is 2.42. The predicted molar refractivity (Wildman–Crippen MR) is 142 cm³/mol. The Morgan fingerprint density at radius 3 is 2.05 bits per heavy atom. The van der Waals surface area contributed by atoms with Crippen molar-refractivity contribution in [2.45, 2.75) is 52.6 Å². The van der Waals surface area contributed by atoms with Gasteiger partial charge in [-0.15, -0.1) is 0 Å². The third-order valence-corrected chi connectivity index (χ3v) is 5.96. The van der Waals surface area contributed by atoms with E-state index in [1.54, 1.807) is 32.9 Å². The van der Waals surface area contributed by atoms with E-state index >= 15 is 0 Å². The SMILES string of the molecule is Cc1ccc(-c2nc(OC(=O)OC(C)(C)C)c(C(=O)NN3CCCCC3)nc2-c2ccc(Cl)cc2)cc1. The Morgan fingerprint density at radius 2 is 1.46 bits per heavy atom. The lowest BCUT2D eigenvalue weighted by molar-refractivity contribution is 0.0194. The molecule has 0 bridgehead atoms.